The molecule has 82 valence electrons. The van der Waals surface area contributed by atoms with E-state index in [4.69, 9.17) is 10.8 Å². The third-order valence-electron chi connectivity index (χ3n) is 2.13. The van der Waals surface area contributed by atoms with E-state index < -0.39 is 12.0 Å². The summed E-state index contributed by atoms with van der Waals surface area (Å²) >= 11 is 3.21. The Hall–Kier alpha value is -1.07. The number of carbonyl (C=O) groups is 1. The first-order chi connectivity index (χ1) is 6.93. The summed E-state index contributed by atoms with van der Waals surface area (Å²) in [5.41, 5.74) is 6.97. The number of phenols is 1. The number of nitrogens with two attached hydrogens (primary N) is 1. The second kappa shape index (κ2) is 4.63. The Morgan fingerprint density at radius 3 is 2.73 bits per heavy atom. The first kappa shape index (κ1) is 12.0. The Kier molecular flexibility index (Phi) is 3.71. The van der Waals surface area contributed by atoms with Gasteiger partial charge in [0, 0.05) is 11.6 Å². The van der Waals surface area contributed by atoms with Crippen LogP contribution in [0.15, 0.2) is 16.6 Å². The van der Waals surface area contributed by atoms with E-state index in [0.29, 0.717) is 10.0 Å². The maximum absolute atomic E-state index is 10.5. The molecule has 0 aromatic heterocycles. The number of phenolic OH excluding ortho intramolecular Hbond substituents is 1. The summed E-state index contributed by atoms with van der Waals surface area (Å²) in [6.07, 6.45) is -0.205. The van der Waals surface area contributed by atoms with E-state index in [-0.39, 0.29) is 12.2 Å². The van der Waals surface area contributed by atoms with E-state index in [1.807, 2.05) is 6.92 Å². The molecule has 0 aliphatic carbocycles. The number of carboxylic acids is 1. The quantitative estimate of drug-likeness (QED) is 0.786. The molecule has 5 heteroatoms. The smallest absolute Gasteiger partial charge is 0.305 e. The maximum Gasteiger partial charge on any atom is 0.305 e. The van der Waals surface area contributed by atoms with Gasteiger partial charge in [0.2, 0.25) is 0 Å². The predicted octanol–water partition coefficient (Wildman–Crippen LogP) is 1.94. The van der Waals surface area contributed by atoms with Crippen molar-refractivity contribution in [2.24, 2.45) is 5.73 Å². The molecule has 0 fully saturated rings. The van der Waals surface area contributed by atoms with E-state index in [1.165, 1.54) is 0 Å². The second-order valence-corrected chi connectivity index (χ2v) is 4.13. The third kappa shape index (κ3) is 2.70. The molecule has 0 radical (unpaired) electrons. The topological polar surface area (TPSA) is 83.6 Å². The molecule has 1 aromatic rings. The fourth-order valence-electron chi connectivity index (χ4n) is 1.28. The summed E-state index contributed by atoms with van der Waals surface area (Å²) in [6, 6.07) is 2.73. The van der Waals surface area contributed by atoms with Gasteiger partial charge in [-0.25, -0.2) is 0 Å². The van der Waals surface area contributed by atoms with Crippen LogP contribution in [0.4, 0.5) is 0 Å². The number of rotatable bonds is 3. The van der Waals surface area contributed by atoms with Gasteiger partial charge in [-0.15, -0.1) is 0 Å². The first-order valence-electron chi connectivity index (χ1n) is 4.38. The van der Waals surface area contributed by atoms with Gasteiger partial charge in [0.05, 0.1) is 10.9 Å². The molecule has 0 aliphatic heterocycles. The highest BCUT2D eigenvalue weighted by molar-refractivity contribution is 9.10. The minimum atomic E-state index is -0.987. The Bertz CT molecular complexity index is 392. The summed E-state index contributed by atoms with van der Waals surface area (Å²) in [7, 11) is 0. The zero-order valence-electron chi connectivity index (χ0n) is 8.20. The molecule has 1 aromatic carbocycles. The molecule has 0 bridgehead atoms. The normalized spacial score (nSPS) is 12.5. The largest absolute Gasteiger partial charge is 0.506 e. The van der Waals surface area contributed by atoms with Crippen LogP contribution in [0.5, 0.6) is 5.75 Å². The zero-order valence-corrected chi connectivity index (χ0v) is 9.78. The van der Waals surface area contributed by atoms with Crippen molar-refractivity contribution in [3.05, 3.63) is 27.7 Å². The monoisotopic (exact) mass is 273 g/mol. The molecule has 0 amide bonds. The van der Waals surface area contributed by atoms with Gasteiger partial charge in [-0.05, 0) is 28.4 Å². The van der Waals surface area contributed by atoms with Gasteiger partial charge in [-0.3, -0.25) is 4.79 Å². The van der Waals surface area contributed by atoms with Crippen molar-refractivity contribution in [1.82, 2.24) is 0 Å². The van der Waals surface area contributed by atoms with E-state index in [0.717, 1.165) is 5.56 Å². The van der Waals surface area contributed by atoms with Gasteiger partial charge in [-0.1, -0.05) is 12.1 Å². The highest BCUT2D eigenvalue weighted by Crippen LogP contribution is 2.34. The van der Waals surface area contributed by atoms with Crippen LogP contribution >= 0.6 is 15.9 Å². The fourth-order valence-corrected chi connectivity index (χ4v) is 1.64. The summed E-state index contributed by atoms with van der Waals surface area (Å²) in [4.78, 5) is 10.5. The highest BCUT2D eigenvalue weighted by Gasteiger charge is 2.16. The molecular formula is C10H12BrNO3. The van der Waals surface area contributed by atoms with Crippen molar-refractivity contribution in [3.8, 4) is 5.75 Å². The highest BCUT2D eigenvalue weighted by atomic mass is 79.9. The Balaban J connectivity index is 3.05. The van der Waals surface area contributed by atoms with Crippen LogP contribution in [0.3, 0.4) is 0 Å². The van der Waals surface area contributed by atoms with Crippen molar-refractivity contribution in [1.29, 1.82) is 0 Å². The minimum absolute atomic E-state index is 0.0174. The molecule has 0 aliphatic rings. The second-order valence-electron chi connectivity index (χ2n) is 3.34. The number of aryl methyl sites for hydroxylation is 1. The average Bonchev–Trinajstić information content (AvgIpc) is 2.13. The molecule has 0 spiro atoms. The van der Waals surface area contributed by atoms with Crippen LogP contribution in [0.25, 0.3) is 0 Å². The molecule has 15 heavy (non-hydrogen) atoms. The van der Waals surface area contributed by atoms with Crippen LogP contribution in [0.1, 0.15) is 23.6 Å². The number of aliphatic carboxylic acids is 1. The molecule has 4 N–H and O–H groups in total. The van der Waals surface area contributed by atoms with Crippen molar-refractivity contribution in [2.45, 2.75) is 19.4 Å². The molecule has 4 nitrogen and oxygen atoms in total. The van der Waals surface area contributed by atoms with Crippen molar-refractivity contribution < 1.29 is 15.0 Å². The van der Waals surface area contributed by atoms with Gasteiger partial charge in [0.25, 0.3) is 0 Å². The fraction of sp³-hybridized carbons (Fsp3) is 0.300. The number of carboxylic acid groups (broad SMARTS) is 1. The van der Waals surface area contributed by atoms with Crippen LogP contribution in [-0.2, 0) is 4.79 Å². The van der Waals surface area contributed by atoms with Gasteiger partial charge >= 0.3 is 5.97 Å². The van der Waals surface area contributed by atoms with Crippen LogP contribution in [-0.4, -0.2) is 16.2 Å². The lowest BCUT2D eigenvalue weighted by molar-refractivity contribution is -0.137. The van der Waals surface area contributed by atoms with Crippen molar-refractivity contribution >= 4 is 21.9 Å². The Labute approximate surface area is 95.8 Å². The van der Waals surface area contributed by atoms with E-state index in [1.54, 1.807) is 12.1 Å². The standard InChI is InChI=1S/C10H12BrNO3/c1-5-2-3-6(10(15)9(5)11)7(12)4-8(13)14/h2-3,7,15H,4,12H2,1H3,(H,13,14). The lowest BCUT2D eigenvalue weighted by Crippen LogP contribution is -2.15. The zero-order chi connectivity index (χ0) is 11.6. The number of benzene rings is 1. The minimum Gasteiger partial charge on any atom is -0.506 e. The van der Waals surface area contributed by atoms with E-state index in [2.05, 4.69) is 15.9 Å². The van der Waals surface area contributed by atoms with Crippen LogP contribution in [0.2, 0.25) is 0 Å². The summed E-state index contributed by atoms with van der Waals surface area (Å²) in [5, 5.41) is 18.3. The average molecular weight is 274 g/mol. The van der Waals surface area contributed by atoms with Crippen LogP contribution in [0, 0.1) is 6.92 Å². The van der Waals surface area contributed by atoms with Gasteiger partial charge in [-0.2, -0.15) is 0 Å². The molecule has 0 heterocycles. The van der Waals surface area contributed by atoms with Crippen LogP contribution < -0.4 is 5.73 Å². The summed E-state index contributed by atoms with van der Waals surface area (Å²) in [5.74, 6) is -0.970. The SMILES string of the molecule is Cc1ccc(C(N)CC(=O)O)c(O)c1Br. The van der Waals surface area contributed by atoms with Crippen molar-refractivity contribution in [2.75, 3.05) is 0 Å². The summed E-state index contributed by atoms with van der Waals surface area (Å²) in [6.45, 7) is 1.83. The number of hydrogen-bond donors (Lipinski definition) is 3. The number of hydrogen-bond acceptors (Lipinski definition) is 3. The third-order valence-corrected chi connectivity index (χ3v) is 3.14. The van der Waals surface area contributed by atoms with Gasteiger partial charge < -0.3 is 15.9 Å². The molecule has 0 saturated carbocycles. The lowest BCUT2D eigenvalue weighted by Gasteiger charge is -2.13. The Morgan fingerprint density at radius 2 is 2.20 bits per heavy atom. The maximum atomic E-state index is 10.5. The number of aromatic hydroxyl groups is 1. The summed E-state index contributed by atoms with van der Waals surface area (Å²) < 4.78 is 0.556. The van der Waals surface area contributed by atoms with Gasteiger partial charge in [0.1, 0.15) is 5.75 Å². The predicted molar refractivity (Wildman–Crippen MR) is 59.7 cm³/mol. The lowest BCUT2D eigenvalue weighted by atomic mass is 10.0. The van der Waals surface area contributed by atoms with Crippen molar-refractivity contribution in [3.63, 3.8) is 0 Å². The number of halogens is 1. The molecule has 1 unspecified atom stereocenters. The molecule has 0 saturated heterocycles. The van der Waals surface area contributed by atoms with Gasteiger partial charge in [0.15, 0.2) is 0 Å². The molecule has 1 rings (SSSR count). The first-order valence-corrected chi connectivity index (χ1v) is 5.18. The molecule has 1 atom stereocenters. The van der Waals surface area contributed by atoms with E-state index >= 15 is 0 Å². The molecular weight excluding hydrogens is 262 g/mol. The van der Waals surface area contributed by atoms with E-state index in [9.17, 15) is 9.90 Å². The Morgan fingerprint density at radius 1 is 1.60 bits per heavy atom.